The van der Waals surface area contributed by atoms with E-state index in [2.05, 4.69) is 25.3 Å². The fourth-order valence-electron chi connectivity index (χ4n) is 2.49. The lowest BCUT2D eigenvalue weighted by Crippen LogP contribution is -2.09. The molecule has 138 valence electrons. The molecule has 2 N–H and O–H groups in total. The van der Waals surface area contributed by atoms with Gasteiger partial charge in [-0.2, -0.15) is 0 Å². The predicted molar refractivity (Wildman–Crippen MR) is 93.3 cm³/mol. The van der Waals surface area contributed by atoms with Crippen LogP contribution in [0.2, 0.25) is 0 Å². The van der Waals surface area contributed by atoms with Gasteiger partial charge in [-0.05, 0) is 42.7 Å². The lowest BCUT2D eigenvalue weighted by Gasteiger charge is -2.22. The van der Waals surface area contributed by atoms with E-state index in [-0.39, 0.29) is 31.8 Å². The molecule has 0 aliphatic rings. The van der Waals surface area contributed by atoms with Crippen LogP contribution in [0.25, 0.3) is 0 Å². The Labute approximate surface area is 144 Å². The van der Waals surface area contributed by atoms with Crippen LogP contribution in [0.3, 0.4) is 0 Å². The number of benzene rings is 1. The van der Waals surface area contributed by atoms with Gasteiger partial charge in [0.2, 0.25) is 0 Å². The maximum Gasteiger partial charge on any atom is 0.475 e. The van der Waals surface area contributed by atoms with Gasteiger partial charge in [-0.3, -0.25) is 4.52 Å². The first-order valence-electron chi connectivity index (χ1n) is 8.30. The molecule has 0 aromatic heterocycles. The number of para-hydroxylation sites is 1. The van der Waals surface area contributed by atoms with Gasteiger partial charge in [-0.25, -0.2) is 9.09 Å². The van der Waals surface area contributed by atoms with Crippen molar-refractivity contribution in [3.63, 3.8) is 0 Å². The zero-order chi connectivity index (χ0) is 18.2. The summed E-state index contributed by atoms with van der Waals surface area (Å²) >= 11 is 0. The van der Waals surface area contributed by atoms with Crippen LogP contribution in [-0.2, 0) is 13.6 Å². The standard InChI is InChI=1S/C17H29O6P/c1-5-22-24(19,20)23-12-21-17-15(13(2)3)9-6-10-16(17)14(4)8-7-11-18/h6,9-10,13-14,18H,5,7-8,11-12H2,1-4H3,(H,19,20). The Morgan fingerprint density at radius 2 is 1.83 bits per heavy atom. The molecule has 0 fully saturated rings. The minimum atomic E-state index is -4.08. The summed E-state index contributed by atoms with van der Waals surface area (Å²) in [5.74, 6) is 1.10. The summed E-state index contributed by atoms with van der Waals surface area (Å²) in [6.07, 6.45) is 1.53. The smallest absolute Gasteiger partial charge is 0.466 e. The number of phosphoric ester groups is 1. The SMILES string of the molecule is CCOP(=O)(O)OCOc1c(C(C)C)cccc1C(C)CCCO. The highest BCUT2D eigenvalue weighted by Gasteiger charge is 2.22. The third kappa shape index (κ3) is 6.54. The Kier molecular flexibility index (Phi) is 8.95. The van der Waals surface area contributed by atoms with Gasteiger partial charge in [0, 0.05) is 6.61 Å². The molecular formula is C17H29O6P. The second-order valence-electron chi connectivity index (χ2n) is 5.96. The fraction of sp³-hybridized carbons (Fsp3) is 0.647. The molecule has 2 unspecified atom stereocenters. The molecule has 0 heterocycles. The van der Waals surface area contributed by atoms with Crippen LogP contribution in [0.15, 0.2) is 18.2 Å². The molecule has 0 radical (unpaired) electrons. The topological polar surface area (TPSA) is 85.2 Å². The summed E-state index contributed by atoms with van der Waals surface area (Å²) in [4.78, 5) is 9.47. The zero-order valence-electron chi connectivity index (χ0n) is 14.9. The molecule has 7 heteroatoms. The van der Waals surface area contributed by atoms with Gasteiger partial charge in [-0.1, -0.05) is 39.0 Å². The quantitative estimate of drug-likeness (QED) is 0.455. The van der Waals surface area contributed by atoms with Gasteiger partial charge < -0.3 is 14.7 Å². The number of ether oxygens (including phenoxy) is 1. The van der Waals surface area contributed by atoms with E-state index in [0.717, 1.165) is 17.5 Å². The molecule has 0 bridgehead atoms. The molecule has 2 atom stereocenters. The van der Waals surface area contributed by atoms with Crippen LogP contribution in [-0.4, -0.2) is 30.0 Å². The molecule has 6 nitrogen and oxygen atoms in total. The van der Waals surface area contributed by atoms with E-state index in [0.29, 0.717) is 12.2 Å². The van der Waals surface area contributed by atoms with Crippen LogP contribution in [0.5, 0.6) is 5.75 Å². The number of hydrogen-bond acceptors (Lipinski definition) is 5. The summed E-state index contributed by atoms with van der Waals surface area (Å²) < 4.78 is 26.8. The number of phosphoric acid groups is 1. The van der Waals surface area contributed by atoms with Crippen molar-refractivity contribution in [2.75, 3.05) is 20.0 Å². The molecular weight excluding hydrogens is 331 g/mol. The van der Waals surface area contributed by atoms with Crippen molar-refractivity contribution < 1.29 is 28.3 Å². The Morgan fingerprint density at radius 1 is 1.17 bits per heavy atom. The van der Waals surface area contributed by atoms with Crippen molar-refractivity contribution in [1.82, 2.24) is 0 Å². The van der Waals surface area contributed by atoms with Crippen molar-refractivity contribution in [3.8, 4) is 5.75 Å². The first-order valence-corrected chi connectivity index (χ1v) is 9.80. The summed E-state index contributed by atoms with van der Waals surface area (Å²) in [5, 5.41) is 9.03. The highest BCUT2D eigenvalue weighted by molar-refractivity contribution is 7.47. The van der Waals surface area contributed by atoms with Gasteiger partial charge in [0.1, 0.15) is 5.75 Å². The molecule has 0 saturated carbocycles. The van der Waals surface area contributed by atoms with E-state index in [1.165, 1.54) is 0 Å². The maximum absolute atomic E-state index is 11.6. The average Bonchev–Trinajstić information content (AvgIpc) is 2.52. The van der Waals surface area contributed by atoms with Crippen LogP contribution >= 0.6 is 7.82 Å². The maximum atomic E-state index is 11.6. The second kappa shape index (κ2) is 10.2. The van der Waals surface area contributed by atoms with E-state index >= 15 is 0 Å². The minimum Gasteiger partial charge on any atom is -0.466 e. The van der Waals surface area contributed by atoms with Gasteiger partial charge >= 0.3 is 7.82 Å². The largest absolute Gasteiger partial charge is 0.475 e. The fourth-order valence-corrected chi connectivity index (χ4v) is 3.07. The molecule has 1 rings (SSSR count). The zero-order valence-corrected chi connectivity index (χ0v) is 15.8. The number of rotatable bonds is 11. The monoisotopic (exact) mass is 360 g/mol. The van der Waals surface area contributed by atoms with Crippen LogP contribution < -0.4 is 4.74 Å². The van der Waals surface area contributed by atoms with Gasteiger partial charge in [0.05, 0.1) is 6.61 Å². The molecule has 0 aliphatic heterocycles. The molecule has 0 spiro atoms. The average molecular weight is 360 g/mol. The molecule has 0 aliphatic carbocycles. The lowest BCUT2D eigenvalue weighted by molar-refractivity contribution is 0.0671. The molecule has 0 saturated heterocycles. The lowest BCUT2D eigenvalue weighted by atomic mass is 9.90. The Hall–Kier alpha value is -0.910. The van der Waals surface area contributed by atoms with E-state index in [1.807, 2.05) is 18.2 Å². The number of aliphatic hydroxyl groups is 1. The summed E-state index contributed by atoms with van der Waals surface area (Å²) in [6.45, 7) is 7.67. The van der Waals surface area contributed by atoms with Crippen molar-refractivity contribution >= 4 is 7.82 Å². The van der Waals surface area contributed by atoms with Crippen molar-refractivity contribution in [2.24, 2.45) is 0 Å². The Bertz CT molecular complexity index is 546. The predicted octanol–water partition coefficient (Wildman–Crippen LogP) is 4.18. The van der Waals surface area contributed by atoms with E-state index in [9.17, 15) is 9.46 Å². The molecule has 24 heavy (non-hydrogen) atoms. The van der Waals surface area contributed by atoms with Crippen LogP contribution in [0, 0.1) is 0 Å². The molecule has 1 aromatic rings. The third-order valence-corrected chi connectivity index (χ3v) is 4.75. The van der Waals surface area contributed by atoms with Crippen molar-refractivity contribution in [2.45, 2.75) is 52.4 Å². The normalized spacial score (nSPS) is 15.3. The Morgan fingerprint density at radius 3 is 2.42 bits per heavy atom. The highest BCUT2D eigenvalue weighted by atomic mass is 31.2. The third-order valence-electron chi connectivity index (χ3n) is 3.74. The van der Waals surface area contributed by atoms with Crippen molar-refractivity contribution in [1.29, 1.82) is 0 Å². The number of hydrogen-bond donors (Lipinski definition) is 2. The summed E-state index contributed by atoms with van der Waals surface area (Å²) in [7, 11) is -4.08. The molecule has 0 amide bonds. The van der Waals surface area contributed by atoms with E-state index in [1.54, 1.807) is 6.92 Å². The highest BCUT2D eigenvalue weighted by Crippen LogP contribution is 2.43. The van der Waals surface area contributed by atoms with Gasteiger partial charge in [0.15, 0.2) is 6.79 Å². The van der Waals surface area contributed by atoms with Crippen LogP contribution in [0.4, 0.5) is 0 Å². The molecule has 1 aromatic carbocycles. The van der Waals surface area contributed by atoms with Gasteiger partial charge in [-0.15, -0.1) is 0 Å². The minimum absolute atomic E-state index is 0.0831. The van der Waals surface area contributed by atoms with E-state index in [4.69, 9.17) is 14.4 Å². The first kappa shape index (κ1) is 21.1. The van der Waals surface area contributed by atoms with Gasteiger partial charge in [0.25, 0.3) is 0 Å². The van der Waals surface area contributed by atoms with Crippen molar-refractivity contribution in [3.05, 3.63) is 29.3 Å². The summed E-state index contributed by atoms with van der Waals surface area (Å²) in [6, 6.07) is 5.93. The first-order chi connectivity index (χ1) is 11.3. The number of aliphatic hydroxyl groups excluding tert-OH is 1. The Balaban J connectivity index is 2.94. The summed E-state index contributed by atoms with van der Waals surface area (Å²) in [5.41, 5.74) is 2.01. The van der Waals surface area contributed by atoms with Crippen LogP contribution in [0.1, 0.15) is 63.5 Å². The van der Waals surface area contributed by atoms with E-state index < -0.39 is 7.82 Å². The second-order valence-corrected chi connectivity index (χ2v) is 7.42.